The molecule has 0 saturated carbocycles. The summed E-state index contributed by atoms with van der Waals surface area (Å²) >= 11 is 0. The summed E-state index contributed by atoms with van der Waals surface area (Å²) in [5.41, 5.74) is 5.57. The molecule has 1 aliphatic rings. The number of hydrogen-bond acceptors (Lipinski definition) is 3. The fourth-order valence-electron chi connectivity index (χ4n) is 1.38. The molecule has 0 atom stereocenters. The van der Waals surface area contributed by atoms with Crippen LogP contribution in [0.3, 0.4) is 0 Å². The highest BCUT2D eigenvalue weighted by Crippen LogP contribution is 2.14. The Morgan fingerprint density at radius 1 is 1.62 bits per heavy atom. The third-order valence-corrected chi connectivity index (χ3v) is 2.15. The third-order valence-electron chi connectivity index (χ3n) is 2.15. The summed E-state index contributed by atoms with van der Waals surface area (Å²) in [6.07, 6.45) is 0. The molecule has 4 heteroatoms. The molecule has 0 unspecified atom stereocenters. The molecule has 0 radical (unpaired) electrons. The van der Waals surface area contributed by atoms with Crippen LogP contribution in [0.5, 0.6) is 0 Å². The molecule has 4 nitrogen and oxygen atoms in total. The standard InChI is InChI=1S/C9H12N2O2/c1-6-2-3-8(13-6)9(12)11-4-7(10)5-11/h2-3,7H,4-5,10H2,1H3. The van der Waals surface area contributed by atoms with Crippen molar-refractivity contribution in [2.45, 2.75) is 13.0 Å². The lowest BCUT2D eigenvalue weighted by Crippen LogP contribution is -2.57. The molecule has 1 aromatic rings. The van der Waals surface area contributed by atoms with E-state index in [9.17, 15) is 4.79 Å². The largest absolute Gasteiger partial charge is 0.456 e. The normalized spacial score (nSPS) is 17.2. The van der Waals surface area contributed by atoms with Crippen molar-refractivity contribution in [3.63, 3.8) is 0 Å². The summed E-state index contributed by atoms with van der Waals surface area (Å²) in [5.74, 6) is 1.10. The van der Waals surface area contributed by atoms with Crippen molar-refractivity contribution < 1.29 is 9.21 Å². The number of furan rings is 1. The number of carbonyl (C=O) groups excluding carboxylic acids is 1. The van der Waals surface area contributed by atoms with Gasteiger partial charge in [-0.2, -0.15) is 0 Å². The van der Waals surface area contributed by atoms with Gasteiger partial charge in [-0.25, -0.2) is 0 Å². The van der Waals surface area contributed by atoms with Gasteiger partial charge in [0.25, 0.3) is 5.91 Å². The van der Waals surface area contributed by atoms with Gasteiger partial charge in [0.1, 0.15) is 5.76 Å². The zero-order valence-electron chi connectivity index (χ0n) is 7.49. The molecular weight excluding hydrogens is 168 g/mol. The summed E-state index contributed by atoms with van der Waals surface area (Å²) < 4.78 is 5.21. The Balaban J connectivity index is 2.06. The highest BCUT2D eigenvalue weighted by atomic mass is 16.3. The lowest BCUT2D eigenvalue weighted by Gasteiger charge is -2.36. The lowest BCUT2D eigenvalue weighted by molar-refractivity contribution is 0.0574. The van der Waals surface area contributed by atoms with Crippen LogP contribution in [0, 0.1) is 6.92 Å². The van der Waals surface area contributed by atoms with E-state index in [1.807, 2.05) is 6.92 Å². The molecule has 0 bridgehead atoms. The van der Waals surface area contributed by atoms with Gasteiger partial charge in [0, 0.05) is 19.1 Å². The second-order valence-corrected chi connectivity index (χ2v) is 3.38. The van der Waals surface area contributed by atoms with Crippen LogP contribution in [-0.2, 0) is 0 Å². The molecule has 13 heavy (non-hydrogen) atoms. The van der Waals surface area contributed by atoms with Gasteiger partial charge in [-0.1, -0.05) is 0 Å². The second kappa shape index (κ2) is 2.88. The smallest absolute Gasteiger partial charge is 0.289 e. The van der Waals surface area contributed by atoms with Crippen molar-refractivity contribution in [2.75, 3.05) is 13.1 Å². The van der Waals surface area contributed by atoms with Gasteiger partial charge < -0.3 is 15.1 Å². The van der Waals surface area contributed by atoms with Crippen LogP contribution in [0.25, 0.3) is 0 Å². The maximum Gasteiger partial charge on any atom is 0.289 e. The summed E-state index contributed by atoms with van der Waals surface area (Å²) in [6.45, 7) is 3.09. The SMILES string of the molecule is Cc1ccc(C(=O)N2CC(N)C2)o1. The van der Waals surface area contributed by atoms with E-state index in [2.05, 4.69) is 0 Å². The Bertz CT molecular complexity index is 326. The van der Waals surface area contributed by atoms with E-state index in [0.29, 0.717) is 18.8 Å². The number of carbonyl (C=O) groups is 1. The van der Waals surface area contributed by atoms with Crippen molar-refractivity contribution in [3.8, 4) is 0 Å². The van der Waals surface area contributed by atoms with Crippen molar-refractivity contribution in [2.24, 2.45) is 5.73 Å². The number of hydrogen-bond donors (Lipinski definition) is 1. The van der Waals surface area contributed by atoms with Gasteiger partial charge in [-0.15, -0.1) is 0 Å². The Morgan fingerprint density at radius 2 is 2.31 bits per heavy atom. The molecule has 2 heterocycles. The van der Waals surface area contributed by atoms with Gasteiger partial charge in [-0.3, -0.25) is 4.79 Å². The topological polar surface area (TPSA) is 59.5 Å². The first-order valence-corrected chi connectivity index (χ1v) is 4.28. The molecule has 2 rings (SSSR count). The molecule has 0 aliphatic carbocycles. The van der Waals surface area contributed by atoms with Crippen molar-refractivity contribution >= 4 is 5.91 Å². The number of likely N-dealkylation sites (tertiary alicyclic amines) is 1. The predicted octanol–water partition coefficient (Wildman–Crippen LogP) is 0.371. The molecule has 2 N–H and O–H groups in total. The van der Waals surface area contributed by atoms with Crippen molar-refractivity contribution in [1.29, 1.82) is 0 Å². The average molecular weight is 180 g/mol. The van der Waals surface area contributed by atoms with Crippen LogP contribution in [0.4, 0.5) is 0 Å². The average Bonchev–Trinajstić information content (AvgIpc) is 2.45. The van der Waals surface area contributed by atoms with Crippen LogP contribution < -0.4 is 5.73 Å². The minimum Gasteiger partial charge on any atom is -0.456 e. The first-order valence-electron chi connectivity index (χ1n) is 4.28. The highest BCUT2D eigenvalue weighted by molar-refractivity contribution is 5.92. The van der Waals surface area contributed by atoms with E-state index in [-0.39, 0.29) is 11.9 Å². The van der Waals surface area contributed by atoms with Crippen molar-refractivity contribution in [3.05, 3.63) is 23.7 Å². The van der Waals surface area contributed by atoms with Gasteiger partial charge >= 0.3 is 0 Å². The summed E-state index contributed by atoms with van der Waals surface area (Å²) in [6, 6.07) is 3.62. The maximum atomic E-state index is 11.6. The zero-order chi connectivity index (χ0) is 9.42. The molecule has 70 valence electrons. The molecule has 1 saturated heterocycles. The van der Waals surface area contributed by atoms with E-state index in [1.54, 1.807) is 17.0 Å². The van der Waals surface area contributed by atoms with Crippen LogP contribution >= 0.6 is 0 Å². The molecule has 0 aromatic carbocycles. The minimum absolute atomic E-state index is 0.0604. The highest BCUT2D eigenvalue weighted by Gasteiger charge is 2.29. The van der Waals surface area contributed by atoms with Crippen LogP contribution in [-0.4, -0.2) is 29.9 Å². The molecular formula is C9H12N2O2. The Labute approximate surface area is 76.3 Å². The number of rotatable bonds is 1. The Kier molecular flexibility index (Phi) is 1.84. The van der Waals surface area contributed by atoms with E-state index in [0.717, 1.165) is 5.76 Å². The summed E-state index contributed by atoms with van der Waals surface area (Å²) in [7, 11) is 0. The number of amides is 1. The van der Waals surface area contributed by atoms with Crippen LogP contribution in [0.2, 0.25) is 0 Å². The van der Waals surface area contributed by atoms with E-state index >= 15 is 0 Å². The number of nitrogens with two attached hydrogens (primary N) is 1. The lowest BCUT2D eigenvalue weighted by atomic mass is 10.1. The van der Waals surface area contributed by atoms with Gasteiger partial charge in [-0.05, 0) is 19.1 Å². The zero-order valence-corrected chi connectivity index (χ0v) is 7.49. The minimum atomic E-state index is -0.0604. The van der Waals surface area contributed by atoms with E-state index in [4.69, 9.17) is 10.2 Å². The van der Waals surface area contributed by atoms with Gasteiger partial charge in [0.2, 0.25) is 0 Å². The summed E-state index contributed by atoms with van der Waals surface area (Å²) in [4.78, 5) is 13.2. The second-order valence-electron chi connectivity index (χ2n) is 3.38. The Morgan fingerprint density at radius 3 is 2.77 bits per heavy atom. The van der Waals surface area contributed by atoms with Gasteiger partial charge in [0.05, 0.1) is 0 Å². The number of aryl methyl sites for hydroxylation is 1. The van der Waals surface area contributed by atoms with Crippen LogP contribution in [0.1, 0.15) is 16.3 Å². The summed E-state index contributed by atoms with van der Waals surface area (Å²) in [5, 5.41) is 0. The Hall–Kier alpha value is -1.29. The van der Waals surface area contributed by atoms with Crippen LogP contribution in [0.15, 0.2) is 16.5 Å². The number of nitrogens with zero attached hydrogens (tertiary/aromatic N) is 1. The molecule has 1 amide bonds. The first-order chi connectivity index (χ1) is 6.16. The first kappa shape index (κ1) is 8.31. The molecule has 1 fully saturated rings. The van der Waals surface area contributed by atoms with E-state index < -0.39 is 0 Å². The fraction of sp³-hybridized carbons (Fsp3) is 0.444. The monoisotopic (exact) mass is 180 g/mol. The van der Waals surface area contributed by atoms with E-state index in [1.165, 1.54) is 0 Å². The van der Waals surface area contributed by atoms with Gasteiger partial charge in [0.15, 0.2) is 5.76 Å². The quantitative estimate of drug-likeness (QED) is 0.679. The predicted molar refractivity (Wildman–Crippen MR) is 47.3 cm³/mol. The molecule has 1 aliphatic heterocycles. The fourth-order valence-corrected chi connectivity index (χ4v) is 1.38. The van der Waals surface area contributed by atoms with Crippen molar-refractivity contribution in [1.82, 2.24) is 4.90 Å². The maximum absolute atomic E-state index is 11.6. The molecule has 0 spiro atoms. The molecule has 1 aromatic heterocycles. The third kappa shape index (κ3) is 1.45.